The standard InChI is InChI=1S/C11H14BrN3O2S/c1-17-8(16)4-11(2-3-11)6-18-9-7(12)5-14-10(13)15-9/h5H,2-4,6H2,1H3,(H2,13,14,15). The van der Waals surface area contributed by atoms with Crippen molar-refractivity contribution in [1.82, 2.24) is 9.97 Å². The number of anilines is 1. The van der Waals surface area contributed by atoms with Crippen LogP contribution in [0.25, 0.3) is 0 Å². The number of hydrogen-bond acceptors (Lipinski definition) is 6. The van der Waals surface area contributed by atoms with E-state index in [-0.39, 0.29) is 17.3 Å². The predicted octanol–water partition coefficient (Wildman–Crippen LogP) is 2.26. The Labute approximate surface area is 118 Å². The predicted molar refractivity (Wildman–Crippen MR) is 73.2 cm³/mol. The first-order chi connectivity index (χ1) is 8.54. The Bertz CT molecular complexity index is 466. The summed E-state index contributed by atoms with van der Waals surface area (Å²) in [4.78, 5) is 19.4. The number of nitrogen functional groups attached to an aromatic ring is 1. The molecular weight excluding hydrogens is 318 g/mol. The molecule has 2 rings (SSSR count). The number of nitrogens with two attached hydrogens (primary N) is 1. The van der Waals surface area contributed by atoms with E-state index in [1.807, 2.05) is 0 Å². The molecule has 1 saturated carbocycles. The molecule has 0 radical (unpaired) electrons. The first kappa shape index (κ1) is 13.6. The summed E-state index contributed by atoms with van der Waals surface area (Å²) >= 11 is 4.99. The van der Waals surface area contributed by atoms with Crippen molar-refractivity contribution in [2.24, 2.45) is 5.41 Å². The van der Waals surface area contributed by atoms with E-state index in [0.717, 1.165) is 28.1 Å². The third-order valence-corrected chi connectivity index (χ3v) is 5.13. The van der Waals surface area contributed by atoms with Gasteiger partial charge in [-0.1, -0.05) is 0 Å². The van der Waals surface area contributed by atoms with Crippen LogP contribution in [0, 0.1) is 5.41 Å². The van der Waals surface area contributed by atoms with Gasteiger partial charge in [-0.3, -0.25) is 4.79 Å². The molecule has 0 amide bonds. The molecule has 1 fully saturated rings. The molecule has 18 heavy (non-hydrogen) atoms. The maximum absolute atomic E-state index is 11.3. The molecule has 1 heterocycles. The van der Waals surface area contributed by atoms with E-state index in [1.54, 1.807) is 18.0 Å². The van der Waals surface area contributed by atoms with Gasteiger partial charge in [0.05, 0.1) is 18.0 Å². The van der Waals surface area contributed by atoms with Gasteiger partial charge in [0.2, 0.25) is 5.95 Å². The molecule has 0 spiro atoms. The minimum absolute atomic E-state index is 0.0803. The van der Waals surface area contributed by atoms with Crippen molar-refractivity contribution in [2.45, 2.75) is 24.3 Å². The molecule has 5 nitrogen and oxygen atoms in total. The van der Waals surface area contributed by atoms with Crippen molar-refractivity contribution in [3.63, 3.8) is 0 Å². The largest absolute Gasteiger partial charge is 0.469 e. The molecule has 0 aromatic carbocycles. The third-order valence-electron chi connectivity index (χ3n) is 2.95. The second-order valence-corrected chi connectivity index (χ2v) is 6.24. The van der Waals surface area contributed by atoms with Crippen LogP contribution in [0.4, 0.5) is 5.95 Å². The minimum atomic E-state index is -0.144. The molecule has 1 aromatic heterocycles. The number of esters is 1. The third kappa shape index (κ3) is 3.35. The Morgan fingerprint density at radius 3 is 3.00 bits per heavy atom. The van der Waals surface area contributed by atoms with Crippen molar-refractivity contribution in [3.05, 3.63) is 10.7 Å². The molecule has 0 atom stereocenters. The van der Waals surface area contributed by atoms with Crippen molar-refractivity contribution in [2.75, 3.05) is 18.6 Å². The highest BCUT2D eigenvalue weighted by Gasteiger charge is 2.44. The van der Waals surface area contributed by atoms with Crippen LogP contribution >= 0.6 is 27.7 Å². The Balaban J connectivity index is 1.95. The Kier molecular flexibility index (Phi) is 4.11. The van der Waals surface area contributed by atoms with E-state index < -0.39 is 0 Å². The van der Waals surface area contributed by atoms with Gasteiger partial charge in [-0.05, 0) is 34.2 Å². The number of halogens is 1. The molecule has 1 aliphatic carbocycles. The maximum Gasteiger partial charge on any atom is 0.306 e. The summed E-state index contributed by atoms with van der Waals surface area (Å²) in [6.07, 6.45) is 4.25. The second kappa shape index (κ2) is 5.44. The van der Waals surface area contributed by atoms with E-state index in [2.05, 4.69) is 25.9 Å². The summed E-state index contributed by atoms with van der Waals surface area (Å²) in [5.74, 6) is 0.963. The fraction of sp³-hybridized carbons (Fsp3) is 0.545. The molecule has 1 aliphatic rings. The number of aromatic nitrogens is 2. The van der Waals surface area contributed by atoms with Crippen LogP contribution in [0.3, 0.4) is 0 Å². The number of carbonyl (C=O) groups excluding carboxylic acids is 1. The molecule has 98 valence electrons. The highest BCUT2D eigenvalue weighted by molar-refractivity contribution is 9.10. The molecule has 0 bridgehead atoms. The lowest BCUT2D eigenvalue weighted by Gasteiger charge is -2.13. The first-order valence-electron chi connectivity index (χ1n) is 5.52. The smallest absolute Gasteiger partial charge is 0.306 e. The number of nitrogens with zero attached hydrogens (tertiary/aromatic N) is 2. The van der Waals surface area contributed by atoms with Crippen molar-refractivity contribution in [3.8, 4) is 0 Å². The van der Waals surface area contributed by atoms with E-state index in [1.165, 1.54) is 7.11 Å². The summed E-state index contributed by atoms with van der Waals surface area (Å²) in [5, 5.41) is 0.818. The van der Waals surface area contributed by atoms with Crippen LogP contribution in [-0.2, 0) is 9.53 Å². The number of methoxy groups -OCH3 is 1. The molecule has 2 N–H and O–H groups in total. The fourth-order valence-corrected chi connectivity index (χ4v) is 3.33. The normalized spacial score (nSPS) is 16.3. The number of thioether (sulfide) groups is 1. The quantitative estimate of drug-likeness (QED) is 0.506. The van der Waals surface area contributed by atoms with Gasteiger partial charge in [0.1, 0.15) is 5.03 Å². The number of ether oxygens (including phenoxy) is 1. The zero-order chi connectivity index (χ0) is 13.2. The van der Waals surface area contributed by atoms with Crippen molar-refractivity contribution < 1.29 is 9.53 Å². The monoisotopic (exact) mass is 331 g/mol. The lowest BCUT2D eigenvalue weighted by Crippen LogP contribution is -2.13. The summed E-state index contributed by atoms with van der Waals surface area (Å²) in [6.45, 7) is 0. The zero-order valence-corrected chi connectivity index (χ0v) is 12.4. The van der Waals surface area contributed by atoms with E-state index in [4.69, 9.17) is 10.5 Å². The van der Waals surface area contributed by atoms with Crippen LogP contribution in [0.15, 0.2) is 15.7 Å². The van der Waals surface area contributed by atoms with E-state index in [0.29, 0.717) is 6.42 Å². The van der Waals surface area contributed by atoms with Crippen LogP contribution in [0.5, 0.6) is 0 Å². The summed E-state index contributed by atoms with van der Waals surface area (Å²) < 4.78 is 5.55. The van der Waals surface area contributed by atoms with Crippen molar-refractivity contribution >= 4 is 39.6 Å². The fourth-order valence-electron chi connectivity index (χ4n) is 1.61. The van der Waals surface area contributed by atoms with E-state index >= 15 is 0 Å². The highest BCUT2D eigenvalue weighted by Crippen LogP contribution is 2.52. The zero-order valence-electron chi connectivity index (χ0n) is 9.98. The van der Waals surface area contributed by atoms with Crippen molar-refractivity contribution in [1.29, 1.82) is 0 Å². The van der Waals surface area contributed by atoms with Gasteiger partial charge in [-0.2, -0.15) is 0 Å². The second-order valence-electron chi connectivity index (χ2n) is 4.42. The van der Waals surface area contributed by atoms with Gasteiger partial charge in [0.15, 0.2) is 0 Å². The molecular formula is C11H14BrN3O2S. The van der Waals surface area contributed by atoms with Crippen LogP contribution < -0.4 is 5.73 Å². The number of carbonyl (C=O) groups is 1. The molecule has 0 saturated heterocycles. The lowest BCUT2D eigenvalue weighted by molar-refractivity contribution is -0.141. The highest BCUT2D eigenvalue weighted by atomic mass is 79.9. The Morgan fingerprint density at radius 1 is 1.67 bits per heavy atom. The average molecular weight is 332 g/mol. The minimum Gasteiger partial charge on any atom is -0.469 e. The first-order valence-corrected chi connectivity index (χ1v) is 7.30. The molecule has 0 unspecified atom stereocenters. The average Bonchev–Trinajstić information content (AvgIpc) is 3.10. The van der Waals surface area contributed by atoms with Gasteiger partial charge in [-0.25, -0.2) is 9.97 Å². The Hall–Kier alpha value is -0.820. The summed E-state index contributed by atoms with van der Waals surface area (Å²) in [7, 11) is 1.42. The van der Waals surface area contributed by atoms with Gasteiger partial charge in [0, 0.05) is 11.9 Å². The van der Waals surface area contributed by atoms with E-state index in [9.17, 15) is 4.79 Å². The molecule has 0 aliphatic heterocycles. The Morgan fingerprint density at radius 2 is 2.39 bits per heavy atom. The number of hydrogen-bond donors (Lipinski definition) is 1. The van der Waals surface area contributed by atoms with Gasteiger partial charge in [-0.15, -0.1) is 11.8 Å². The van der Waals surface area contributed by atoms with Gasteiger partial charge >= 0.3 is 5.97 Å². The topological polar surface area (TPSA) is 78.1 Å². The molecule has 7 heteroatoms. The van der Waals surface area contributed by atoms with Gasteiger partial charge in [0.25, 0.3) is 0 Å². The van der Waals surface area contributed by atoms with Crippen LogP contribution in [0.1, 0.15) is 19.3 Å². The number of rotatable bonds is 5. The van der Waals surface area contributed by atoms with Gasteiger partial charge < -0.3 is 10.5 Å². The van der Waals surface area contributed by atoms with Crippen LogP contribution in [0.2, 0.25) is 0 Å². The SMILES string of the molecule is COC(=O)CC1(CSc2nc(N)ncc2Br)CC1. The summed E-state index contributed by atoms with van der Waals surface area (Å²) in [6, 6.07) is 0. The molecule has 1 aromatic rings. The summed E-state index contributed by atoms with van der Waals surface area (Å²) in [5.41, 5.74) is 5.63. The maximum atomic E-state index is 11.3. The lowest BCUT2D eigenvalue weighted by atomic mass is 10.1. The van der Waals surface area contributed by atoms with Crippen LogP contribution in [-0.4, -0.2) is 28.8 Å².